The molecule has 0 unspecified atom stereocenters. The van der Waals surface area contributed by atoms with E-state index in [1.54, 1.807) is 0 Å². The van der Waals surface area contributed by atoms with Crippen molar-refractivity contribution in [2.45, 2.75) is 51.6 Å². The van der Waals surface area contributed by atoms with Gasteiger partial charge in [-0.2, -0.15) is 0 Å². The first-order valence-corrected chi connectivity index (χ1v) is 5.05. The van der Waals surface area contributed by atoms with Crippen LogP contribution in [-0.2, 0) is 10.0 Å². The molecule has 0 saturated carbocycles. The topological polar surface area (TPSA) is 60.4 Å². The van der Waals surface area contributed by atoms with Gasteiger partial charge in [0, 0.05) is 17.2 Å². The second-order valence-corrected chi connectivity index (χ2v) is 5.41. The molecule has 85 valence electrons. The summed E-state index contributed by atoms with van der Waals surface area (Å²) in [7, 11) is 0. The molecule has 4 nitrogen and oxygen atoms in total. The maximum atomic E-state index is 11.9. The van der Waals surface area contributed by atoms with Crippen LogP contribution >= 0.6 is 0 Å². The van der Waals surface area contributed by atoms with Gasteiger partial charge in [-0.1, -0.05) is 5.57 Å². The fourth-order valence-corrected chi connectivity index (χ4v) is 2.41. The molecule has 1 heterocycles. The minimum absolute atomic E-state index is 0.520. The fraction of sp³-hybridized carbons (Fsp3) is 0.727. The number of nitrogens with zero attached hydrogens (tertiary/aromatic N) is 1. The second-order valence-electron chi connectivity index (χ2n) is 5.41. The highest BCUT2D eigenvalue weighted by molar-refractivity contribution is 5.80. The van der Waals surface area contributed by atoms with Crippen molar-refractivity contribution >= 4 is 5.97 Å². The van der Waals surface area contributed by atoms with E-state index >= 15 is 0 Å². The summed E-state index contributed by atoms with van der Waals surface area (Å²) in [6, 6.07) is 0. The predicted octanol–water partition coefficient (Wildman–Crippen LogP) is 2.00. The number of carboxylic acid groups (broad SMARTS) is 1. The molecule has 1 N–H and O–H groups in total. The van der Waals surface area contributed by atoms with E-state index in [4.69, 9.17) is 5.11 Å². The minimum Gasteiger partial charge on any atom is -0.478 e. The molecular formula is C11H18NO3. The molecule has 0 aliphatic carbocycles. The van der Waals surface area contributed by atoms with Crippen LogP contribution in [0.25, 0.3) is 0 Å². The molecule has 4 heteroatoms. The Labute approximate surface area is 90.2 Å². The summed E-state index contributed by atoms with van der Waals surface area (Å²) in [5.74, 6) is -0.934. The summed E-state index contributed by atoms with van der Waals surface area (Å²) >= 11 is 0. The van der Waals surface area contributed by atoms with Gasteiger partial charge in [-0.3, -0.25) is 0 Å². The van der Waals surface area contributed by atoms with Crippen molar-refractivity contribution in [2.75, 3.05) is 0 Å². The standard InChI is InChI=1S/C11H18NO3/c1-10(2)6-8(5-9(13)14)7-11(3,4)12(10)15/h5H,6-7H2,1-4H3,(H,13,14). The van der Waals surface area contributed by atoms with Crippen molar-refractivity contribution in [1.82, 2.24) is 5.06 Å². The third kappa shape index (κ3) is 2.58. The van der Waals surface area contributed by atoms with Crippen LogP contribution in [0.2, 0.25) is 0 Å². The highest BCUT2D eigenvalue weighted by Crippen LogP contribution is 2.39. The van der Waals surface area contributed by atoms with Crippen LogP contribution in [0, 0.1) is 0 Å². The lowest BCUT2D eigenvalue weighted by atomic mass is 9.79. The van der Waals surface area contributed by atoms with E-state index in [0.29, 0.717) is 12.8 Å². The number of carbonyl (C=O) groups is 1. The van der Waals surface area contributed by atoms with Gasteiger partial charge >= 0.3 is 5.97 Å². The fourth-order valence-electron chi connectivity index (χ4n) is 2.41. The van der Waals surface area contributed by atoms with Gasteiger partial charge in [0.05, 0.1) is 0 Å². The van der Waals surface area contributed by atoms with Gasteiger partial charge in [0.1, 0.15) is 0 Å². The molecule has 1 fully saturated rings. The first-order chi connectivity index (χ1) is 6.65. The van der Waals surface area contributed by atoms with E-state index < -0.39 is 17.0 Å². The van der Waals surface area contributed by atoms with Gasteiger partial charge in [0.25, 0.3) is 0 Å². The van der Waals surface area contributed by atoms with E-state index in [1.807, 2.05) is 27.7 Å². The number of carboxylic acids is 1. The molecule has 1 rings (SSSR count). The van der Waals surface area contributed by atoms with E-state index in [0.717, 1.165) is 10.6 Å². The smallest absolute Gasteiger partial charge is 0.328 e. The number of piperidine rings is 1. The Bertz CT molecular complexity index is 285. The van der Waals surface area contributed by atoms with Gasteiger partial charge in [0.2, 0.25) is 0 Å². The second kappa shape index (κ2) is 3.61. The number of hydrogen-bond donors (Lipinski definition) is 1. The molecule has 0 aromatic rings. The van der Waals surface area contributed by atoms with Crippen LogP contribution in [-0.4, -0.2) is 27.2 Å². The highest BCUT2D eigenvalue weighted by Gasteiger charge is 2.44. The molecular weight excluding hydrogens is 194 g/mol. The SMILES string of the molecule is CC1(C)CC(=CC(=O)O)CC(C)(C)N1[O]. The molecule has 0 aromatic carbocycles. The number of aliphatic carboxylic acids is 1. The van der Waals surface area contributed by atoms with Crippen LogP contribution in [0.3, 0.4) is 0 Å². The van der Waals surface area contributed by atoms with Crippen molar-refractivity contribution in [3.8, 4) is 0 Å². The maximum Gasteiger partial charge on any atom is 0.328 e. The third-order valence-corrected chi connectivity index (χ3v) is 2.75. The number of hydrogen-bond acceptors (Lipinski definition) is 2. The van der Waals surface area contributed by atoms with Crippen LogP contribution in [0.1, 0.15) is 40.5 Å². The van der Waals surface area contributed by atoms with Gasteiger partial charge in [-0.25, -0.2) is 4.79 Å². The molecule has 1 radical (unpaired) electrons. The lowest BCUT2D eigenvalue weighted by Crippen LogP contribution is -2.56. The van der Waals surface area contributed by atoms with Crippen LogP contribution in [0.5, 0.6) is 0 Å². The van der Waals surface area contributed by atoms with Crippen molar-refractivity contribution in [3.05, 3.63) is 11.6 Å². The zero-order valence-electron chi connectivity index (χ0n) is 9.70. The van der Waals surface area contributed by atoms with Crippen LogP contribution in [0.4, 0.5) is 0 Å². The molecule has 0 aromatic heterocycles. The molecule has 15 heavy (non-hydrogen) atoms. The van der Waals surface area contributed by atoms with Gasteiger partial charge in [-0.15, -0.1) is 10.3 Å². The van der Waals surface area contributed by atoms with Crippen molar-refractivity contribution < 1.29 is 15.1 Å². The first kappa shape index (κ1) is 12.2. The lowest BCUT2D eigenvalue weighted by molar-refractivity contribution is -0.279. The predicted molar refractivity (Wildman–Crippen MR) is 55.6 cm³/mol. The van der Waals surface area contributed by atoms with Crippen molar-refractivity contribution in [1.29, 1.82) is 0 Å². The molecule has 1 aliphatic rings. The Morgan fingerprint density at radius 3 is 2.00 bits per heavy atom. The van der Waals surface area contributed by atoms with E-state index in [9.17, 15) is 10.0 Å². The van der Waals surface area contributed by atoms with E-state index in [-0.39, 0.29) is 0 Å². The zero-order chi connectivity index (χ0) is 11.9. The van der Waals surface area contributed by atoms with E-state index in [2.05, 4.69) is 0 Å². The van der Waals surface area contributed by atoms with Crippen molar-refractivity contribution in [2.24, 2.45) is 0 Å². The molecule has 0 amide bonds. The molecule has 0 bridgehead atoms. The Morgan fingerprint density at radius 1 is 1.27 bits per heavy atom. The van der Waals surface area contributed by atoms with Gasteiger partial charge < -0.3 is 5.11 Å². The van der Waals surface area contributed by atoms with Crippen molar-refractivity contribution in [3.63, 3.8) is 0 Å². The summed E-state index contributed by atoms with van der Waals surface area (Å²) < 4.78 is 0. The minimum atomic E-state index is -0.934. The lowest BCUT2D eigenvalue weighted by Gasteiger charge is -2.47. The van der Waals surface area contributed by atoms with Crippen LogP contribution < -0.4 is 0 Å². The molecule has 0 spiro atoms. The summed E-state index contributed by atoms with van der Waals surface area (Å²) in [5, 5.41) is 21.7. The Balaban J connectivity index is 2.99. The van der Waals surface area contributed by atoms with E-state index in [1.165, 1.54) is 6.08 Å². The largest absolute Gasteiger partial charge is 0.478 e. The first-order valence-electron chi connectivity index (χ1n) is 5.05. The maximum absolute atomic E-state index is 11.9. The quantitative estimate of drug-likeness (QED) is 0.676. The summed E-state index contributed by atoms with van der Waals surface area (Å²) in [6.07, 6.45) is 2.27. The third-order valence-electron chi connectivity index (χ3n) is 2.75. The van der Waals surface area contributed by atoms with Crippen LogP contribution in [0.15, 0.2) is 11.6 Å². The number of hydroxylamine groups is 2. The highest BCUT2D eigenvalue weighted by atomic mass is 16.5. The monoisotopic (exact) mass is 212 g/mol. The Hall–Kier alpha value is -0.870. The number of rotatable bonds is 1. The summed E-state index contributed by atoms with van der Waals surface area (Å²) in [6.45, 7) is 7.38. The average Bonchev–Trinajstić information content (AvgIpc) is 1.97. The van der Waals surface area contributed by atoms with Gasteiger partial charge in [0.15, 0.2) is 0 Å². The normalized spacial score (nSPS) is 25.0. The molecule has 1 aliphatic heterocycles. The summed E-state index contributed by atoms with van der Waals surface area (Å²) in [4.78, 5) is 10.6. The Morgan fingerprint density at radius 2 is 1.67 bits per heavy atom. The Kier molecular flexibility index (Phi) is 2.94. The molecule has 1 saturated heterocycles. The average molecular weight is 212 g/mol. The van der Waals surface area contributed by atoms with Gasteiger partial charge in [-0.05, 0) is 40.5 Å². The summed E-state index contributed by atoms with van der Waals surface area (Å²) in [5.41, 5.74) is -0.212. The molecule has 0 atom stereocenters. The zero-order valence-corrected chi connectivity index (χ0v) is 9.70.